The number of hydrogen-bond donors (Lipinski definition) is 4. The van der Waals surface area contributed by atoms with Crippen LogP contribution in [0.4, 0.5) is 56.6 Å². The molecule has 6 N–H and O–H groups in total. The number of aromatic nitrogens is 8. The number of alkyl halides is 5. The van der Waals surface area contributed by atoms with Crippen molar-refractivity contribution >= 4 is 56.7 Å². The van der Waals surface area contributed by atoms with Crippen molar-refractivity contribution < 1.29 is 26.7 Å². The standard InChI is InChI=1S/C20H17F3N6.C20H18F2N6O/c1-2-18-26-14-5-3-4-6-15(14)29(18)19-27-16(24)11-17(28-19)25-13-9-7-12(8-10-13)20(21,22)23;1-2-18-25-14-5-3-4-6-15(14)28(18)20-26-16(23)11-17(27-20)24-12-7-9-13(10-8-12)29-19(21)22/h3-11H,2H2,1H3,(H3,24,25,27,28);3-11,19H,2H2,1H3,(H3,23,24,26,27). The quantitative estimate of drug-likeness (QED) is 0.0974. The Morgan fingerprint density at radius 1 is 0.603 bits per heavy atom. The third-order valence-electron chi connectivity index (χ3n) is 8.60. The van der Waals surface area contributed by atoms with Gasteiger partial charge in [-0.2, -0.15) is 41.9 Å². The van der Waals surface area contributed by atoms with Crippen molar-refractivity contribution in [2.75, 3.05) is 22.1 Å². The van der Waals surface area contributed by atoms with Gasteiger partial charge in [0.2, 0.25) is 11.9 Å². The number of hydrogen-bond acceptors (Lipinski definition) is 11. The molecule has 8 aromatic rings. The Hall–Kier alpha value is -7.37. The van der Waals surface area contributed by atoms with Crippen molar-refractivity contribution in [2.24, 2.45) is 0 Å². The number of aryl methyl sites for hydroxylation is 2. The molecular formula is C40H35F5N12O. The molecule has 296 valence electrons. The molecule has 18 heteroatoms. The maximum absolute atomic E-state index is 12.7. The topological polar surface area (TPSA) is 173 Å². The molecule has 58 heavy (non-hydrogen) atoms. The summed E-state index contributed by atoms with van der Waals surface area (Å²) >= 11 is 0. The van der Waals surface area contributed by atoms with Gasteiger partial charge in [0.05, 0.1) is 27.6 Å². The van der Waals surface area contributed by atoms with Gasteiger partial charge in [-0.1, -0.05) is 38.1 Å². The van der Waals surface area contributed by atoms with E-state index in [-0.39, 0.29) is 17.4 Å². The number of nitrogens with two attached hydrogens (primary N) is 2. The lowest BCUT2D eigenvalue weighted by Crippen LogP contribution is -2.09. The average molecular weight is 795 g/mol. The Kier molecular flexibility index (Phi) is 11.0. The largest absolute Gasteiger partial charge is 0.435 e. The van der Waals surface area contributed by atoms with Crippen LogP contribution < -0.4 is 26.8 Å². The lowest BCUT2D eigenvalue weighted by atomic mass is 10.2. The van der Waals surface area contributed by atoms with Crippen molar-refractivity contribution in [1.29, 1.82) is 0 Å². The highest BCUT2D eigenvalue weighted by Crippen LogP contribution is 2.31. The SMILES string of the molecule is CCc1nc2ccccc2n1-c1nc(N)cc(Nc2ccc(C(F)(F)F)cc2)n1.CCc1nc2ccccc2n1-c1nc(N)cc(Nc2ccc(OC(F)F)cc2)n1. The van der Waals surface area contributed by atoms with E-state index in [1.165, 1.54) is 30.3 Å². The summed E-state index contributed by atoms with van der Waals surface area (Å²) in [5, 5.41) is 6.08. The first-order valence-electron chi connectivity index (χ1n) is 17.9. The zero-order valence-electron chi connectivity index (χ0n) is 30.9. The van der Waals surface area contributed by atoms with E-state index in [4.69, 9.17) is 11.5 Å². The second-order valence-corrected chi connectivity index (χ2v) is 12.6. The Morgan fingerprint density at radius 3 is 1.45 bits per heavy atom. The first-order valence-corrected chi connectivity index (χ1v) is 17.9. The van der Waals surface area contributed by atoms with Crippen LogP contribution in [0.1, 0.15) is 31.1 Å². The second-order valence-electron chi connectivity index (χ2n) is 12.6. The molecule has 4 aromatic carbocycles. The van der Waals surface area contributed by atoms with Crippen LogP contribution in [0.2, 0.25) is 0 Å². The molecule has 0 aliphatic rings. The van der Waals surface area contributed by atoms with Crippen LogP contribution in [0.25, 0.3) is 34.0 Å². The molecule has 0 aliphatic carbocycles. The van der Waals surface area contributed by atoms with E-state index in [9.17, 15) is 22.0 Å². The molecule has 13 nitrogen and oxygen atoms in total. The minimum atomic E-state index is -4.38. The van der Waals surface area contributed by atoms with Gasteiger partial charge >= 0.3 is 12.8 Å². The van der Waals surface area contributed by atoms with Crippen LogP contribution >= 0.6 is 0 Å². The van der Waals surface area contributed by atoms with Crippen LogP contribution in [-0.2, 0) is 19.0 Å². The maximum Gasteiger partial charge on any atom is 0.416 e. The minimum absolute atomic E-state index is 0.0749. The zero-order chi connectivity index (χ0) is 41.0. The molecule has 0 radical (unpaired) electrons. The van der Waals surface area contributed by atoms with Crippen LogP contribution in [0.15, 0.2) is 109 Å². The van der Waals surface area contributed by atoms with Gasteiger partial charge in [0, 0.05) is 36.3 Å². The van der Waals surface area contributed by atoms with E-state index in [0.29, 0.717) is 47.7 Å². The van der Waals surface area contributed by atoms with Crippen LogP contribution in [0.5, 0.6) is 5.75 Å². The average Bonchev–Trinajstić information content (AvgIpc) is 3.77. The van der Waals surface area contributed by atoms with Crippen molar-refractivity contribution in [1.82, 2.24) is 39.0 Å². The fraction of sp³-hybridized carbons (Fsp3) is 0.150. The van der Waals surface area contributed by atoms with Crippen molar-refractivity contribution in [2.45, 2.75) is 39.5 Å². The molecule has 0 fully saturated rings. The predicted octanol–water partition coefficient (Wildman–Crippen LogP) is 9.03. The molecule has 0 saturated carbocycles. The summed E-state index contributed by atoms with van der Waals surface area (Å²) < 4.78 is 70.9. The number of nitrogens with one attached hydrogen (secondary N) is 2. The highest BCUT2D eigenvalue weighted by atomic mass is 19.4. The Bertz CT molecular complexity index is 2680. The van der Waals surface area contributed by atoms with Gasteiger partial charge in [-0.25, -0.2) is 9.97 Å². The third-order valence-corrected chi connectivity index (χ3v) is 8.60. The van der Waals surface area contributed by atoms with Gasteiger partial charge < -0.3 is 26.8 Å². The van der Waals surface area contributed by atoms with Gasteiger partial charge in [0.15, 0.2) is 0 Å². The van der Waals surface area contributed by atoms with Gasteiger partial charge in [-0.15, -0.1) is 0 Å². The van der Waals surface area contributed by atoms with Crippen molar-refractivity contribution in [3.8, 4) is 17.6 Å². The smallest absolute Gasteiger partial charge is 0.416 e. The van der Waals surface area contributed by atoms with Crippen LogP contribution in [-0.4, -0.2) is 45.6 Å². The highest BCUT2D eigenvalue weighted by Gasteiger charge is 2.30. The number of halogens is 5. The summed E-state index contributed by atoms with van der Waals surface area (Å²) in [5.74, 6) is 3.75. The molecule has 0 aliphatic heterocycles. The van der Waals surface area contributed by atoms with Gasteiger partial charge in [-0.3, -0.25) is 9.13 Å². The zero-order valence-corrected chi connectivity index (χ0v) is 30.9. The monoisotopic (exact) mass is 794 g/mol. The second kappa shape index (κ2) is 16.4. The summed E-state index contributed by atoms with van der Waals surface area (Å²) in [4.78, 5) is 27.0. The van der Waals surface area contributed by atoms with E-state index in [1.54, 1.807) is 18.2 Å². The Labute approximate surface area is 327 Å². The molecule has 0 saturated heterocycles. The van der Waals surface area contributed by atoms with Crippen molar-refractivity contribution in [3.05, 3.63) is 126 Å². The lowest BCUT2D eigenvalue weighted by Gasteiger charge is -2.12. The minimum Gasteiger partial charge on any atom is -0.435 e. The van der Waals surface area contributed by atoms with E-state index < -0.39 is 18.4 Å². The van der Waals surface area contributed by atoms with Gasteiger partial charge in [-0.05, 0) is 72.8 Å². The number of imidazole rings is 2. The number of fused-ring (bicyclic) bond motifs is 2. The molecule has 0 bridgehead atoms. The number of benzene rings is 4. The molecule has 4 aromatic heterocycles. The van der Waals surface area contributed by atoms with E-state index >= 15 is 0 Å². The molecule has 0 amide bonds. The fourth-order valence-electron chi connectivity index (χ4n) is 6.06. The number of ether oxygens (including phenoxy) is 1. The van der Waals surface area contributed by atoms with E-state index in [2.05, 4.69) is 45.3 Å². The molecule has 0 spiro atoms. The fourth-order valence-corrected chi connectivity index (χ4v) is 6.06. The van der Waals surface area contributed by atoms with Crippen LogP contribution in [0, 0.1) is 0 Å². The molecule has 0 unspecified atom stereocenters. The Balaban J connectivity index is 0.000000177. The highest BCUT2D eigenvalue weighted by molar-refractivity contribution is 5.79. The summed E-state index contributed by atoms with van der Waals surface area (Å²) in [6.07, 6.45) is -3.03. The first kappa shape index (κ1) is 38.9. The van der Waals surface area contributed by atoms with Gasteiger partial charge in [0.25, 0.3) is 0 Å². The first-order chi connectivity index (χ1) is 27.9. The summed E-state index contributed by atoms with van der Waals surface area (Å²) in [7, 11) is 0. The van der Waals surface area contributed by atoms with Crippen molar-refractivity contribution in [3.63, 3.8) is 0 Å². The molecule has 0 atom stereocenters. The number of para-hydroxylation sites is 4. The van der Waals surface area contributed by atoms with E-state index in [1.807, 2.05) is 71.5 Å². The summed E-state index contributed by atoms with van der Waals surface area (Å²) in [6.45, 7) is 1.12. The molecule has 8 rings (SSSR count). The molecular weight excluding hydrogens is 760 g/mol. The lowest BCUT2D eigenvalue weighted by molar-refractivity contribution is -0.137. The normalized spacial score (nSPS) is 11.4. The maximum atomic E-state index is 12.7. The van der Waals surface area contributed by atoms with Gasteiger partial charge in [0.1, 0.15) is 40.7 Å². The summed E-state index contributed by atoms with van der Waals surface area (Å²) in [5.41, 5.74) is 15.7. The summed E-state index contributed by atoms with van der Waals surface area (Å²) in [6, 6.07) is 29.2. The third kappa shape index (κ3) is 8.70. The molecule has 4 heterocycles. The number of anilines is 6. The predicted molar refractivity (Wildman–Crippen MR) is 212 cm³/mol. The Morgan fingerprint density at radius 2 is 1.03 bits per heavy atom. The number of nitrogen functional groups attached to an aromatic ring is 2. The van der Waals surface area contributed by atoms with E-state index in [0.717, 1.165) is 45.8 Å². The van der Waals surface area contributed by atoms with Crippen LogP contribution in [0.3, 0.4) is 0 Å². The number of nitrogens with zero attached hydrogens (tertiary/aromatic N) is 8. The number of rotatable bonds is 10.